The standard InChI is InChI=1S/C19H22FN5O3/c20-15-2-1-13(25-6-4-22-19(25)28)9-14(15)18(27)23-16-7-12(8-17(16)26)10-24-5-3-21-11-24/h1-3,5,9,11-12,16-17,26H,4,6-8,10H2,(H,22,28)(H,23,27)/t12?,16-,17-/m1/s1. The average Bonchev–Trinajstić information content (AvgIpc) is 3.39. The zero-order chi connectivity index (χ0) is 19.7. The molecule has 4 rings (SSSR count). The zero-order valence-corrected chi connectivity index (χ0v) is 15.2. The second-order valence-corrected chi connectivity index (χ2v) is 7.29. The number of urea groups is 1. The lowest BCUT2D eigenvalue weighted by Gasteiger charge is -2.19. The van der Waals surface area contributed by atoms with Crippen LogP contribution in [0.5, 0.6) is 0 Å². The first kappa shape index (κ1) is 18.4. The Labute approximate surface area is 161 Å². The van der Waals surface area contributed by atoms with E-state index in [-0.39, 0.29) is 17.5 Å². The van der Waals surface area contributed by atoms with Crippen molar-refractivity contribution < 1.29 is 19.1 Å². The van der Waals surface area contributed by atoms with E-state index in [4.69, 9.17) is 0 Å². The molecule has 2 aliphatic rings. The maximum atomic E-state index is 14.3. The van der Waals surface area contributed by atoms with Gasteiger partial charge in [0.05, 0.1) is 24.0 Å². The van der Waals surface area contributed by atoms with Crippen LogP contribution in [0, 0.1) is 11.7 Å². The van der Waals surface area contributed by atoms with Crippen molar-refractivity contribution in [2.75, 3.05) is 18.0 Å². The minimum Gasteiger partial charge on any atom is -0.391 e. The number of benzene rings is 1. The fourth-order valence-electron chi connectivity index (χ4n) is 3.93. The van der Waals surface area contributed by atoms with E-state index in [1.165, 1.54) is 23.1 Å². The van der Waals surface area contributed by atoms with Crippen LogP contribution in [-0.4, -0.2) is 51.8 Å². The number of halogens is 1. The van der Waals surface area contributed by atoms with E-state index >= 15 is 0 Å². The number of rotatable bonds is 5. The van der Waals surface area contributed by atoms with E-state index in [0.717, 1.165) is 0 Å². The number of carbonyl (C=O) groups excluding carboxylic acids is 2. The van der Waals surface area contributed by atoms with Crippen LogP contribution in [0.4, 0.5) is 14.9 Å². The highest BCUT2D eigenvalue weighted by atomic mass is 19.1. The second kappa shape index (κ2) is 7.59. The highest BCUT2D eigenvalue weighted by Gasteiger charge is 2.34. The van der Waals surface area contributed by atoms with Crippen LogP contribution in [0.1, 0.15) is 23.2 Å². The minimum absolute atomic E-state index is 0.137. The van der Waals surface area contributed by atoms with E-state index < -0.39 is 23.9 Å². The van der Waals surface area contributed by atoms with Crippen LogP contribution < -0.4 is 15.5 Å². The molecule has 1 aliphatic carbocycles. The van der Waals surface area contributed by atoms with Gasteiger partial charge in [-0.3, -0.25) is 9.69 Å². The minimum atomic E-state index is -0.687. The fraction of sp³-hybridized carbons (Fsp3) is 0.421. The summed E-state index contributed by atoms with van der Waals surface area (Å²) in [5, 5.41) is 15.7. The van der Waals surface area contributed by atoms with Gasteiger partial charge in [0.2, 0.25) is 0 Å². The Morgan fingerprint density at radius 3 is 2.96 bits per heavy atom. The molecular weight excluding hydrogens is 365 g/mol. The third-order valence-corrected chi connectivity index (χ3v) is 5.33. The number of nitrogens with one attached hydrogen (secondary N) is 2. The van der Waals surface area contributed by atoms with Gasteiger partial charge in [0, 0.05) is 37.7 Å². The van der Waals surface area contributed by atoms with Crippen LogP contribution in [-0.2, 0) is 6.54 Å². The Balaban J connectivity index is 1.44. The summed E-state index contributed by atoms with van der Waals surface area (Å²) in [5.74, 6) is -1.06. The van der Waals surface area contributed by atoms with Crippen molar-refractivity contribution >= 4 is 17.6 Å². The Kier molecular flexibility index (Phi) is 4.99. The van der Waals surface area contributed by atoms with Crippen LogP contribution in [0.15, 0.2) is 36.9 Å². The number of aromatic nitrogens is 2. The first-order valence-electron chi connectivity index (χ1n) is 9.31. The van der Waals surface area contributed by atoms with Gasteiger partial charge in [-0.15, -0.1) is 0 Å². The Morgan fingerprint density at radius 2 is 2.25 bits per heavy atom. The number of hydrogen-bond acceptors (Lipinski definition) is 4. The molecule has 2 fully saturated rings. The van der Waals surface area contributed by atoms with E-state index in [2.05, 4.69) is 15.6 Å². The summed E-state index contributed by atoms with van der Waals surface area (Å²) in [5.41, 5.74) is 0.328. The molecule has 28 heavy (non-hydrogen) atoms. The summed E-state index contributed by atoms with van der Waals surface area (Å²) < 4.78 is 16.2. The molecule has 1 unspecified atom stereocenters. The normalized spacial score (nSPS) is 24.4. The van der Waals surface area contributed by atoms with Gasteiger partial charge >= 0.3 is 6.03 Å². The average molecular weight is 387 g/mol. The fourth-order valence-corrected chi connectivity index (χ4v) is 3.93. The third kappa shape index (κ3) is 3.70. The van der Waals surface area contributed by atoms with Gasteiger partial charge < -0.3 is 20.3 Å². The number of anilines is 1. The highest BCUT2D eigenvalue weighted by Crippen LogP contribution is 2.28. The number of imidazole rings is 1. The molecule has 8 nitrogen and oxygen atoms in total. The van der Waals surface area contributed by atoms with Crippen LogP contribution in [0.25, 0.3) is 0 Å². The highest BCUT2D eigenvalue weighted by molar-refractivity contribution is 5.98. The second-order valence-electron chi connectivity index (χ2n) is 7.29. The van der Waals surface area contributed by atoms with Crippen molar-refractivity contribution in [3.8, 4) is 0 Å². The van der Waals surface area contributed by atoms with Gasteiger partial charge in [-0.05, 0) is 37.0 Å². The maximum Gasteiger partial charge on any atom is 0.321 e. The molecule has 3 atom stereocenters. The van der Waals surface area contributed by atoms with Gasteiger partial charge in [-0.2, -0.15) is 0 Å². The lowest BCUT2D eigenvalue weighted by Crippen LogP contribution is -2.40. The molecule has 1 aromatic heterocycles. The molecule has 0 spiro atoms. The molecule has 0 radical (unpaired) electrons. The van der Waals surface area contributed by atoms with Crippen LogP contribution in [0.3, 0.4) is 0 Å². The summed E-state index contributed by atoms with van der Waals surface area (Å²) in [6.07, 6.45) is 5.73. The van der Waals surface area contributed by atoms with Crippen molar-refractivity contribution in [2.24, 2.45) is 5.92 Å². The number of aliphatic hydroxyl groups is 1. The van der Waals surface area contributed by atoms with Crippen molar-refractivity contribution in [3.63, 3.8) is 0 Å². The summed E-state index contributed by atoms with van der Waals surface area (Å²) in [4.78, 5) is 29.9. The van der Waals surface area contributed by atoms with Gasteiger partial charge in [0.25, 0.3) is 5.91 Å². The lowest BCUT2D eigenvalue weighted by molar-refractivity contribution is 0.0869. The van der Waals surface area contributed by atoms with Gasteiger partial charge in [0.1, 0.15) is 5.82 Å². The molecule has 1 aromatic carbocycles. The number of carbonyl (C=O) groups is 2. The number of aliphatic hydroxyl groups excluding tert-OH is 1. The lowest BCUT2D eigenvalue weighted by atomic mass is 10.1. The Hall–Kier alpha value is -2.94. The molecule has 3 N–H and O–H groups in total. The summed E-state index contributed by atoms with van der Waals surface area (Å²) in [7, 11) is 0. The SMILES string of the molecule is O=C(N[C@@H]1CC(Cn2ccnc2)C[C@H]1O)c1cc(N2CCNC2=O)ccc1F. The molecule has 0 bridgehead atoms. The Morgan fingerprint density at radius 1 is 1.39 bits per heavy atom. The largest absolute Gasteiger partial charge is 0.391 e. The zero-order valence-electron chi connectivity index (χ0n) is 15.2. The van der Waals surface area contributed by atoms with Crippen molar-refractivity contribution in [3.05, 3.63) is 48.3 Å². The summed E-state index contributed by atoms with van der Waals surface area (Å²) in [6, 6.07) is 3.32. The number of amides is 3. The quantitative estimate of drug-likeness (QED) is 0.716. The molecular formula is C19H22FN5O3. The monoisotopic (exact) mass is 387 g/mol. The topological polar surface area (TPSA) is 99.5 Å². The molecule has 1 aliphatic heterocycles. The first-order chi connectivity index (χ1) is 13.5. The van der Waals surface area contributed by atoms with E-state index in [1.807, 2.05) is 10.8 Å². The number of hydrogen-bond donors (Lipinski definition) is 3. The van der Waals surface area contributed by atoms with Crippen molar-refractivity contribution in [1.82, 2.24) is 20.2 Å². The van der Waals surface area contributed by atoms with Gasteiger partial charge in [-0.25, -0.2) is 14.2 Å². The number of nitrogens with zero attached hydrogens (tertiary/aromatic N) is 3. The maximum absolute atomic E-state index is 14.3. The molecule has 148 valence electrons. The molecule has 1 saturated heterocycles. The van der Waals surface area contributed by atoms with E-state index in [9.17, 15) is 19.1 Å². The Bertz CT molecular complexity index is 872. The predicted octanol–water partition coefficient (Wildman–Crippen LogP) is 1.12. The summed E-state index contributed by atoms with van der Waals surface area (Å²) >= 11 is 0. The first-order valence-corrected chi connectivity index (χ1v) is 9.31. The van der Waals surface area contributed by atoms with Crippen molar-refractivity contribution in [2.45, 2.75) is 31.5 Å². The molecule has 9 heteroatoms. The van der Waals surface area contributed by atoms with E-state index in [0.29, 0.717) is 38.2 Å². The molecule has 1 saturated carbocycles. The summed E-state index contributed by atoms with van der Waals surface area (Å²) in [6.45, 7) is 1.67. The predicted molar refractivity (Wildman–Crippen MR) is 99.4 cm³/mol. The van der Waals surface area contributed by atoms with Gasteiger partial charge in [-0.1, -0.05) is 0 Å². The van der Waals surface area contributed by atoms with Crippen molar-refractivity contribution in [1.29, 1.82) is 0 Å². The third-order valence-electron chi connectivity index (χ3n) is 5.33. The molecule has 3 amide bonds. The van der Waals surface area contributed by atoms with Crippen LogP contribution in [0.2, 0.25) is 0 Å². The molecule has 2 heterocycles. The van der Waals surface area contributed by atoms with E-state index in [1.54, 1.807) is 12.5 Å². The smallest absolute Gasteiger partial charge is 0.321 e. The molecule has 2 aromatic rings. The van der Waals surface area contributed by atoms with Crippen LogP contribution >= 0.6 is 0 Å². The van der Waals surface area contributed by atoms with Gasteiger partial charge in [0.15, 0.2) is 0 Å².